The molecule has 1 aliphatic carbocycles. The molecule has 5 heteroatoms. The molecule has 2 aromatic heterocycles. The predicted molar refractivity (Wildman–Crippen MR) is 87.8 cm³/mol. The number of benzene rings is 1. The van der Waals surface area contributed by atoms with Gasteiger partial charge >= 0.3 is 0 Å². The van der Waals surface area contributed by atoms with Crippen molar-refractivity contribution in [1.29, 1.82) is 0 Å². The van der Waals surface area contributed by atoms with E-state index in [1.807, 2.05) is 13.1 Å². The minimum atomic E-state index is -0.0688. The summed E-state index contributed by atoms with van der Waals surface area (Å²) in [6.07, 6.45) is 6.13. The molecular formula is C17H18N4O. The van der Waals surface area contributed by atoms with Gasteiger partial charge in [-0.05, 0) is 49.4 Å². The first-order valence-electron chi connectivity index (χ1n) is 7.54. The van der Waals surface area contributed by atoms with E-state index in [2.05, 4.69) is 33.6 Å². The van der Waals surface area contributed by atoms with Crippen LogP contribution in [0.1, 0.15) is 29.9 Å². The summed E-state index contributed by atoms with van der Waals surface area (Å²) in [5.74, 6) is 0.620. The fraction of sp³-hybridized carbons (Fsp3) is 0.294. The van der Waals surface area contributed by atoms with E-state index in [0.717, 1.165) is 16.9 Å². The Hall–Kier alpha value is -2.56. The first kappa shape index (κ1) is 13.1. The Morgan fingerprint density at radius 2 is 2.14 bits per heavy atom. The summed E-state index contributed by atoms with van der Waals surface area (Å²) < 4.78 is 1.36. The SMILES string of the molecule is Cc1c(Nc2cc3cc[nH]c3cc2C2CC2)cnn(C)c1=O. The largest absolute Gasteiger partial charge is 0.361 e. The summed E-state index contributed by atoms with van der Waals surface area (Å²) in [6, 6.07) is 6.43. The van der Waals surface area contributed by atoms with Gasteiger partial charge < -0.3 is 10.3 Å². The van der Waals surface area contributed by atoms with E-state index in [0.29, 0.717) is 11.5 Å². The van der Waals surface area contributed by atoms with Gasteiger partial charge in [0.25, 0.3) is 5.56 Å². The second-order valence-corrected chi connectivity index (χ2v) is 6.02. The van der Waals surface area contributed by atoms with Crippen LogP contribution in [0.25, 0.3) is 10.9 Å². The zero-order valence-electron chi connectivity index (χ0n) is 12.7. The second-order valence-electron chi connectivity index (χ2n) is 6.02. The highest BCUT2D eigenvalue weighted by Crippen LogP contribution is 2.45. The molecule has 5 nitrogen and oxygen atoms in total. The maximum absolute atomic E-state index is 12.0. The van der Waals surface area contributed by atoms with Crippen LogP contribution in [-0.4, -0.2) is 14.8 Å². The molecule has 1 aromatic carbocycles. The molecule has 0 amide bonds. The molecule has 0 bridgehead atoms. The molecule has 3 aromatic rings. The average Bonchev–Trinajstić information content (AvgIpc) is 3.26. The van der Waals surface area contributed by atoms with Crippen molar-refractivity contribution in [3.63, 3.8) is 0 Å². The summed E-state index contributed by atoms with van der Waals surface area (Å²) in [5, 5.41) is 8.70. The van der Waals surface area contributed by atoms with Gasteiger partial charge in [-0.15, -0.1) is 0 Å². The Kier molecular flexibility index (Phi) is 2.82. The zero-order chi connectivity index (χ0) is 15.3. The number of nitrogens with zero attached hydrogens (tertiary/aromatic N) is 2. The minimum absolute atomic E-state index is 0.0688. The average molecular weight is 294 g/mol. The molecule has 0 atom stereocenters. The lowest BCUT2D eigenvalue weighted by Gasteiger charge is -2.14. The van der Waals surface area contributed by atoms with Crippen molar-refractivity contribution < 1.29 is 0 Å². The van der Waals surface area contributed by atoms with E-state index >= 15 is 0 Å². The lowest BCUT2D eigenvalue weighted by Crippen LogP contribution is -2.22. The minimum Gasteiger partial charge on any atom is -0.361 e. The third-order valence-corrected chi connectivity index (χ3v) is 4.39. The smallest absolute Gasteiger partial charge is 0.271 e. The summed E-state index contributed by atoms with van der Waals surface area (Å²) in [4.78, 5) is 15.3. The Balaban J connectivity index is 1.82. The summed E-state index contributed by atoms with van der Waals surface area (Å²) in [5.41, 5.74) is 4.95. The Morgan fingerprint density at radius 3 is 2.91 bits per heavy atom. The van der Waals surface area contributed by atoms with E-state index in [-0.39, 0.29) is 5.56 Å². The highest BCUT2D eigenvalue weighted by atomic mass is 16.1. The fourth-order valence-electron chi connectivity index (χ4n) is 2.88. The molecule has 0 unspecified atom stereocenters. The maximum atomic E-state index is 12.0. The van der Waals surface area contributed by atoms with E-state index in [4.69, 9.17) is 0 Å². The van der Waals surface area contributed by atoms with Crippen LogP contribution >= 0.6 is 0 Å². The fourth-order valence-corrected chi connectivity index (χ4v) is 2.88. The van der Waals surface area contributed by atoms with Gasteiger partial charge in [-0.3, -0.25) is 4.79 Å². The van der Waals surface area contributed by atoms with Gasteiger partial charge in [-0.1, -0.05) is 0 Å². The highest BCUT2D eigenvalue weighted by molar-refractivity contribution is 5.86. The summed E-state index contributed by atoms with van der Waals surface area (Å²) in [7, 11) is 1.67. The Bertz CT molecular complexity index is 918. The first-order valence-corrected chi connectivity index (χ1v) is 7.54. The molecule has 1 aliphatic rings. The molecule has 22 heavy (non-hydrogen) atoms. The van der Waals surface area contributed by atoms with Gasteiger partial charge in [-0.2, -0.15) is 5.10 Å². The monoisotopic (exact) mass is 294 g/mol. The van der Waals surface area contributed by atoms with Gasteiger partial charge in [0.2, 0.25) is 0 Å². The van der Waals surface area contributed by atoms with Gasteiger partial charge in [0.15, 0.2) is 0 Å². The van der Waals surface area contributed by atoms with Crippen molar-refractivity contribution in [2.24, 2.45) is 7.05 Å². The molecule has 0 saturated heterocycles. The van der Waals surface area contributed by atoms with Crippen LogP contribution in [0.15, 0.2) is 35.4 Å². The lowest BCUT2D eigenvalue weighted by molar-refractivity contribution is 0.702. The van der Waals surface area contributed by atoms with Crippen LogP contribution in [0.3, 0.4) is 0 Å². The Morgan fingerprint density at radius 1 is 1.32 bits per heavy atom. The van der Waals surface area contributed by atoms with Gasteiger partial charge in [-0.25, -0.2) is 4.68 Å². The van der Waals surface area contributed by atoms with Crippen molar-refractivity contribution in [3.05, 3.63) is 52.1 Å². The van der Waals surface area contributed by atoms with Gasteiger partial charge in [0, 0.05) is 35.4 Å². The predicted octanol–water partition coefficient (Wildman–Crippen LogP) is 3.19. The second kappa shape index (κ2) is 4.73. The molecule has 0 aliphatic heterocycles. The van der Waals surface area contributed by atoms with Crippen molar-refractivity contribution in [1.82, 2.24) is 14.8 Å². The molecule has 0 radical (unpaired) electrons. The van der Waals surface area contributed by atoms with E-state index in [1.165, 1.54) is 28.5 Å². The third kappa shape index (κ3) is 2.09. The molecular weight excluding hydrogens is 276 g/mol. The first-order chi connectivity index (χ1) is 10.6. The van der Waals surface area contributed by atoms with Crippen LogP contribution in [0, 0.1) is 6.92 Å². The molecule has 0 spiro atoms. The van der Waals surface area contributed by atoms with E-state index in [1.54, 1.807) is 13.2 Å². The van der Waals surface area contributed by atoms with E-state index < -0.39 is 0 Å². The van der Waals surface area contributed by atoms with Crippen LogP contribution in [-0.2, 0) is 7.05 Å². The van der Waals surface area contributed by atoms with E-state index in [9.17, 15) is 4.79 Å². The van der Waals surface area contributed by atoms with Gasteiger partial charge in [0.05, 0.1) is 11.9 Å². The molecule has 2 N–H and O–H groups in total. The maximum Gasteiger partial charge on any atom is 0.271 e. The number of hydrogen-bond donors (Lipinski definition) is 2. The number of aryl methyl sites for hydroxylation is 1. The number of H-pyrrole nitrogens is 1. The topological polar surface area (TPSA) is 62.7 Å². The van der Waals surface area contributed by atoms with Crippen molar-refractivity contribution in [2.45, 2.75) is 25.7 Å². The zero-order valence-corrected chi connectivity index (χ0v) is 12.7. The number of aromatic amines is 1. The van der Waals surface area contributed by atoms with Crippen LogP contribution in [0.2, 0.25) is 0 Å². The van der Waals surface area contributed by atoms with Crippen LogP contribution in [0.4, 0.5) is 11.4 Å². The number of nitrogens with one attached hydrogen (secondary N) is 2. The van der Waals surface area contributed by atoms with Crippen molar-refractivity contribution >= 4 is 22.3 Å². The molecule has 1 fully saturated rings. The van der Waals surface area contributed by atoms with Crippen molar-refractivity contribution in [3.8, 4) is 0 Å². The van der Waals surface area contributed by atoms with Crippen LogP contribution in [0.5, 0.6) is 0 Å². The highest BCUT2D eigenvalue weighted by Gasteiger charge is 2.27. The Labute approximate surface area is 128 Å². The summed E-state index contributed by atoms with van der Waals surface area (Å²) in [6.45, 7) is 1.83. The van der Waals surface area contributed by atoms with Crippen LogP contribution < -0.4 is 10.9 Å². The molecule has 2 heterocycles. The van der Waals surface area contributed by atoms with Gasteiger partial charge in [0.1, 0.15) is 0 Å². The number of anilines is 2. The number of fused-ring (bicyclic) bond motifs is 1. The third-order valence-electron chi connectivity index (χ3n) is 4.39. The summed E-state index contributed by atoms with van der Waals surface area (Å²) >= 11 is 0. The molecule has 4 rings (SSSR count). The number of rotatable bonds is 3. The lowest BCUT2D eigenvalue weighted by atomic mass is 10.1. The molecule has 1 saturated carbocycles. The van der Waals surface area contributed by atoms with Crippen molar-refractivity contribution in [2.75, 3.05) is 5.32 Å². The number of aromatic nitrogens is 3. The molecule has 112 valence electrons. The quantitative estimate of drug-likeness (QED) is 0.780. The number of hydrogen-bond acceptors (Lipinski definition) is 3. The normalized spacial score (nSPS) is 14.5. The standard InChI is InChI=1S/C17H18N4O/c1-10-16(9-19-21(2)17(10)22)20-15-7-12-5-6-18-14(12)8-13(15)11-3-4-11/h5-9,11,18,20H,3-4H2,1-2H3.